The molecule has 1 aliphatic carbocycles. The van der Waals surface area contributed by atoms with E-state index >= 15 is 0 Å². The van der Waals surface area contributed by atoms with Crippen LogP contribution < -0.4 is 5.32 Å². The summed E-state index contributed by atoms with van der Waals surface area (Å²) in [6.45, 7) is 10.8. The van der Waals surface area contributed by atoms with Gasteiger partial charge in [-0.1, -0.05) is 62.0 Å². The summed E-state index contributed by atoms with van der Waals surface area (Å²) >= 11 is 0. The van der Waals surface area contributed by atoms with Gasteiger partial charge in [-0.25, -0.2) is 0 Å². The number of nitrogens with one attached hydrogen (secondary N) is 1. The number of fused-ring (bicyclic) bond motifs is 3. The number of hydrogen-bond donors (Lipinski definition) is 1. The molecule has 0 saturated heterocycles. The summed E-state index contributed by atoms with van der Waals surface area (Å²) < 4.78 is 0. The largest absolute Gasteiger partial charge is 0.386 e. The maximum absolute atomic E-state index is 4.22. The van der Waals surface area contributed by atoms with E-state index in [1.165, 1.54) is 34.4 Å². The molecule has 0 saturated carbocycles. The second kappa shape index (κ2) is 6.62. The van der Waals surface area contributed by atoms with Gasteiger partial charge in [0.05, 0.1) is 0 Å². The first kappa shape index (κ1) is 15.9. The monoisotopic (exact) mass is 305 g/mol. The highest BCUT2D eigenvalue weighted by Gasteiger charge is 2.28. The maximum atomic E-state index is 4.22. The predicted octanol–water partition coefficient (Wildman–Crippen LogP) is 5.73. The number of hydrogen-bond acceptors (Lipinski definition) is 1. The van der Waals surface area contributed by atoms with Crippen molar-refractivity contribution in [2.24, 2.45) is 5.92 Å². The fourth-order valence-corrected chi connectivity index (χ4v) is 3.67. The Kier molecular flexibility index (Phi) is 4.56. The van der Waals surface area contributed by atoms with Gasteiger partial charge in [-0.3, -0.25) is 0 Å². The van der Waals surface area contributed by atoms with Crippen molar-refractivity contribution in [2.45, 2.75) is 45.6 Å². The van der Waals surface area contributed by atoms with Gasteiger partial charge in [0.15, 0.2) is 0 Å². The molecule has 0 radical (unpaired) electrons. The lowest BCUT2D eigenvalue weighted by Gasteiger charge is -2.21. The van der Waals surface area contributed by atoms with Crippen LogP contribution in [-0.4, -0.2) is 6.04 Å². The molecule has 0 fully saturated rings. The molecule has 3 rings (SSSR count). The molecule has 1 heteroatoms. The van der Waals surface area contributed by atoms with Crippen LogP contribution in [0, 0.1) is 5.92 Å². The summed E-state index contributed by atoms with van der Waals surface area (Å²) in [5.41, 5.74) is 6.98. The molecule has 0 amide bonds. The summed E-state index contributed by atoms with van der Waals surface area (Å²) in [4.78, 5) is 0. The van der Waals surface area contributed by atoms with Crippen LogP contribution in [0.15, 0.2) is 60.8 Å². The Hall–Kier alpha value is -2.02. The minimum Gasteiger partial charge on any atom is -0.386 e. The summed E-state index contributed by atoms with van der Waals surface area (Å²) in [5, 5.41) is 3.46. The van der Waals surface area contributed by atoms with Gasteiger partial charge >= 0.3 is 0 Å². The van der Waals surface area contributed by atoms with E-state index in [-0.39, 0.29) is 0 Å². The Bertz CT molecular complexity index is 653. The third-order valence-electron chi connectivity index (χ3n) is 4.92. The molecule has 0 aromatic heterocycles. The fourth-order valence-electron chi connectivity index (χ4n) is 3.67. The molecular weight excluding hydrogens is 278 g/mol. The Morgan fingerprint density at radius 3 is 2.00 bits per heavy atom. The molecule has 23 heavy (non-hydrogen) atoms. The van der Waals surface area contributed by atoms with Crippen LogP contribution in [0.1, 0.15) is 50.7 Å². The summed E-state index contributed by atoms with van der Waals surface area (Å²) in [5.74, 6) is 1.02. The van der Waals surface area contributed by atoms with Crippen molar-refractivity contribution in [3.8, 4) is 11.1 Å². The lowest BCUT2D eigenvalue weighted by Crippen LogP contribution is -2.25. The van der Waals surface area contributed by atoms with Crippen LogP contribution in [0.3, 0.4) is 0 Å². The van der Waals surface area contributed by atoms with Crippen molar-refractivity contribution in [1.82, 2.24) is 5.32 Å². The minimum atomic E-state index is 0.456. The predicted molar refractivity (Wildman–Crippen MR) is 99.5 cm³/mol. The van der Waals surface area contributed by atoms with E-state index in [4.69, 9.17) is 0 Å². The SMILES string of the molecule is C=C(NC(C)C)C(C)CCC1c2ccccc2-c2ccccc21. The molecule has 2 aromatic carbocycles. The van der Waals surface area contributed by atoms with E-state index < -0.39 is 0 Å². The normalized spacial score (nSPS) is 14.4. The third kappa shape index (κ3) is 3.19. The maximum Gasteiger partial charge on any atom is 0.0201 e. The molecule has 0 aliphatic heterocycles. The highest BCUT2D eigenvalue weighted by Crippen LogP contribution is 2.46. The lowest BCUT2D eigenvalue weighted by atomic mass is 9.88. The van der Waals surface area contributed by atoms with E-state index in [0.717, 1.165) is 6.42 Å². The molecule has 2 aromatic rings. The molecule has 1 nitrogen and oxygen atoms in total. The summed E-state index contributed by atoms with van der Waals surface area (Å²) in [6, 6.07) is 18.2. The lowest BCUT2D eigenvalue weighted by molar-refractivity contribution is 0.502. The number of rotatable bonds is 6. The smallest absolute Gasteiger partial charge is 0.0201 e. The van der Waals surface area contributed by atoms with Crippen molar-refractivity contribution in [2.75, 3.05) is 0 Å². The average molecular weight is 305 g/mol. The van der Waals surface area contributed by atoms with Crippen LogP contribution >= 0.6 is 0 Å². The first-order valence-electron chi connectivity index (χ1n) is 8.71. The average Bonchev–Trinajstić information content (AvgIpc) is 2.86. The topological polar surface area (TPSA) is 12.0 Å². The minimum absolute atomic E-state index is 0.456. The Balaban J connectivity index is 1.77. The van der Waals surface area contributed by atoms with Gasteiger partial charge < -0.3 is 5.32 Å². The highest BCUT2D eigenvalue weighted by atomic mass is 14.9. The second-order valence-electron chi connectivity index (χ2n) is 7.03. The molecule has 120 valence electrons. The van der Waals surface area contributed by atoms with Gasteiger partial charge in [0.1, 0.15) is 0 Å². The fraction of sp³-hybridized carbons (Fsp3) is 0.364. The standard InChI is InChI=1S/C22H27N/c1-15(2)23-17(4)16(3)13-14-22-20-11-7-5-9-18(20)19-10-6-8-12-21(19)22/h5-12,15-16,22-23H,4,13-14H2,1-3H3. The Morgan fingerprint density at radius 1 is 0.957 bits per heavy atom. The van der Waals surface area contributed by atoms with E-state index in [1.54, 1.807) is 0 Å². The highest BCUT2D eigenvalue weighted by molar-refractivity contribution is 5.78. The molecule has 1 N–H and O–H groups in total. The van der Waals surface area contributed by atoms with Crippen LogP contribution in [-0.2, 0) is 0 Å². The van der Waals surface area contributed by atoms with Gasteiger partial charge in [-0.05, 0) is 54.9 Å². The van der Waals surface area contributed by atoms with Crippen LogP contribution in [0.4, 0.5) is 0 Å². The second-order valence-corrected chi connectivity index (χ2v) is 7.03. The van der Waals surface area contributed by atoms with Crippen molar-refractivity contribution in [1.29, 1.82) is 0 Å². The van der Waals surface area contributed by atoms with Crippen LogP contribution in [0.2, 0.25) is 0 Å². The van der Waals surface area contributed by atoms with Crippen LogP contribution in [0.5, 0.6) is 0 Å². The first-order chi connectivity index (χ1) is 11.1. The molecule has 1 atom stereocenters. The van der Waals surface area contributed by atoms with E-state index in [9.17, 15) is 0 Å². The quantitative estimate of drug-likeness (QED) is 0.719. The van der Waals surface area contributed by atoms with Gasteiger partial charge in [0.25, 0.3) is 0 Å². The van der Waals surface area contributed by atoms with Crippen molar-refractivity contribution < 1.29 is 0 Å². The molecular formula is C22H27N. The molecule has 1 unspecified atom stereocenters. The van der Waals surface area contributed by atoms with Crippen LogP contribution in [0.25, 0.3) is 11.1 Å². The number of benzene rings is 2. The third-order valence-corrected chi connectivity index (χ3v) is 4.92. The zero-order valence-corrected chi connectivity index (χ0v) is 14.5. The van der Waals surface area contributed by atoms with E-state index in [2.05, 4.69) is 81.2 Å². The van der Waals surface area contributed by atoms with E-state index in [0.29, 0.717) is 17.9 Å². The first-order valence-corrected chi connectivity index (χ1v) is 8.71. The van der Waals surface area contributed by atoms with Gasteiger partial charge in [-0.15, -0.1) is 0 Å². The van der Waals surface area contributed by atoms with Gasteiger partial charge in [0.2, 0.25) is 0 Å². The molecule has 0 spiro atoms. The Labute approximate surface area is 140 Å². The van der Waals surface area contributed by atoms with Crippen molar-refractivity contribution >= 4 is 0 Å². The molecule has 0 heterocycles. The van der Waals surface area contributed by atoms with Crippen molar-refractivity contribution in [3.63, 3.8) is 0 Å². The molecule has 0 bridgehead atoms. The molecule has 1 aliphatic rings. The Morgan fingerprint density at radius 2 is 1.48 bits per heavy atom. The van der Waals surface area contributed by atoms with Gasteiger partial charge in [0, 0.05) is 17.7 Å². The van der Waals surface area contributed by atoms with E-state index in [1.807, 2.05) is 0 Å². The summed E-state index contributed by atoms with van der Waals surface area (Å²) in [6.07, 6.45) is 2.33. The summed E-state index contributed by atoms with van der Waals surface area (Å²) in [7, 11) is 0. The number of allylic oxidation sites excluding steroid dienone is 1. The zero-order chi connectivity index (χ0) is 16.4. The zero-order valence-electron chi connectivity index (χ0n) is 14.5. The van der Waals surface area contributed by atoms with Crippen molar-refractivity contribution in [3.05, 3.63) is 71.9 Å². The van der Waals surface area contributed by atoms with Gasteiger partial charge in [-0.2, -0.15) is 0 Å².